The van der Waals surface area contributed by atoms with Gasteiger partial charge in [-0.2, -0.15) is 0 Å². The number of fused-ring (bicyclic) bond motifs is 3. The first-order chi connectivity index (χ1) is 56.3. The monoisotopic (exact) mass is 1590 g/mol. The van der Waals surface area contributed by atoms with Crippen molar-refractivity contribution in [1.29, 1.82) is 0 Å². The molecule has 19 heteroatoms. The van der Waals surface area contributed by atoms with Gasteiger partial charge in [-0.3, -0.25) is 18.6 Å². The zero-order chi connectivity index (χ0) is 83.1. The molecule has 3 heterocycles. The van der Waals surface area contributed by atoms with Gasteiger partial charge in [-0.15, -0.1) is 0 Å². The molecular weight excluding hydrogens is 1490 g/mol. The van der Waals surface area contributed by atoms with Crippen LogP contribution in [0.2, 0.25) is 0 Å². The first-order valence-corrected chi connectivity index (χ1v) is 40.2. The zero-order valence-electron chi connectivity index (χ0n) is 69.2. The summed E-state index contributed by atoms with van der Waals surface area (Å²) in [5.74, 6) is 2.60. The van der Waals surface area contributed by atoms with Gasteiger partial charge in [-0.05, 0) is 258 Å². The van der Waals surface area contributed by atoms with Crippen LogP contribution < -0.4 is 65.4 Å². The number of aromatic nitrogens is 6. The quantitative estimate of drug-likeness (QED) is 0.0165. The molecule has 0 saturated carbocycles. The molecule has 0 aliphatic heterocycles. The van der Waals surface area contributed by atoms with Crippen molar-refractivity contribution < 1.29 is 48.9 Å². The summed E-state index contributed by atoms with van der Waals surface area (Å²) in [5, 5.41) is 18.1. The molecule has 0 bridgehead atoms. The molecule has 0 saturated heterocycles. The molecule has 0 unspecified atom stereocenters. The predicted molar refractivity (Wildman–Crippen MR) is 486 cm³/mol. The number of hydrogen-bond acceptors (Lipinski definition) is 9. The summed E-state index contributed by atoms with van der Waals surface area (Å²) in [6, 6.07) is 99.8. The van der Waals surface area contributed by atoms with Gasteiger partial charge in [0.05, 0.1) is 62.6 Å². The summed E-state index contributed by atoms with van der Waals surface area (Å²) in [7, 11) is -0.446. The van der Waals surface area contributed by atoms with Gasteiger partial charge in [0.25, 0.3) is 0 Å². The van der Waals surface area contributed by atoms with Crippen LogP contribution in [0.15, 0.2) is 315 Å². The number of benzene rings is 12. The molecule has 0 fully saturated rings. The molecule has 0 atom stereocenters. The van der Waals surface area contributed by atoms with E-state index in [0.717, 1.165) is 117 Å². The number of imidazole rings is 3. The van der Waals surface area contributed by atoms with E-state index in [9.17, 15) is 5.11 Å². The van der Waals surface area contributed by atoms with Gasteiger partial charge in [0, 0.05) is 27.5 Å². The number of azide groups is 1. The second-order valence-electron chi connectivity index (χ2n) is 30.4. The van der Waals surface area contributed by atoms with Crippen molar-refractivity contribution in [3.63, 3.8) is 0 Å². The third-order valence-electron chi connectivity index (χ3n) is 18.8. The summed E-state index contributed by atoms with van der Waals surface area (Å²) in [5.41, 5.74) is 45.5. The van der Waals surface area contributed by atoms with Crippen LogP contribution in [-0.4, -0.2) is 52.1 Å². The molecule has 3 aromatic heterocycles. The molecule has 0 aliphatic carbocycles. The Balaban J connectivity index is 0.000000166. The van der Waals surface area contributed by atoms with Crippen LogP contribution in [0.25, 0.3) is 113 Å². The van der Waals surface area contributed by atoms with Gasteiger partial charge < -0.3 is 36.1 Å². The third-order valence-corrected chi connectivity index (χ3v) is 21.2. The Morgan fingerprint density at radius 2 is 0.636 bits per heavy atom. The number of ether oxygens (including phenoxy) is 3. The van der Waals surface area contributed by atoms with E-state index in [1.165, 1.54) is 20.8 Å². The van der Waals surface area contributed by atoms with Gasteiger partial charge >= 0.3 is 29.6 Å². The number of nitrogens with zero attached hydrogens (tertiary/aromatic N) is 12. The summed E-state index contributed by atoms with van der Waals surface area (Å²) < 4.78 is 23.5. The van der Waals surface area contributed by atoms with E-state index in [1.807, 2.05) is 197 Å². The van der Waals surface area contributed by atoms with Crippen LogP contribution in [0.4, 0.5) is 0 Å². The fourth-order valence-electron chi connectivity index (χ4n) is 12.8. The van der Waals surface area contributed by atoms with Crippen molar-refractivity contribution >= 4 is 93.4 Å². The standard InChI is InChI=1S/C27H27N5O.C27H29N3O.C27H28N2O2.C18H15P.N3.Na/c1-19(2)33-24-14-12-23(13-15-24)32-18-29-25-17-21(9-16-26(25)32)6-5-20-7-10-22(11-8-20)27(3,4)30-31-28;1-19(2)31-24-14-12-23(13-15-24)30-18-29-25-17-21(9-16-26(25)30)6-5-20-7-10-22(11-8-20)27(3,4)28;1-19(2)31-24-14-12-23(13-15-24)29-18-28-25-17-21(9-16-26(25)29)6-5-20-7-10-22(11-8-20)27(3,4)30;1-4-10-16(11-5-1)19(17-12-6-2-7-13-17)18-14-8-3-9-15-18;1-3-2;/h5-19H,1-4H3;5-19H,28H2,1-4H3;5-19,30H,1-4H3;1-15H;;/q;;;;-1;+1/b3*6-5-;;;. The van der Waals surface area contributed by atoms with E-state index in [1.54, 1.807) is 13.8 Å². The summed E-state index contributed by atoms with van der Waals surface area (Å²) >= 11 is 0. The van der Waals surface area contributed by atoms with Gasteiger partial charge in [-0.25, -0.2) is 15.0 Å². The number of rotatable bonds is 22. The Morgan fingerprint density at radius 1 is 0.373 bits per heavy atom. The maximum atomic E-state index is 10.1. The van der Waals surface area contributed by atoms with Crippen LogP contribution in [0, 0.1) is 0 Å². The summed E-state index contributed by atoms with van der Waals surface area (Å²) in [6.07, 6.45) is 18.5. The minimum Gasteiger partial charge on any atom is -0.491 e. The van der Waals surface area contributed by atoms with Crippen LogP contribution in [0.5, 0.6) is 17.2 Å². The average Bonchev–Trinajstić information content (AvgIpc) is 1.43. The minimum absolute atomic E-state index is 0. The smallest absolute Gasteiger partial charge is 0.491 e. The Morgan fingerprint density at radius 3 is 0.898 bits per heavy atom. The molecule has 15 aromatic rings. The molecule has 0 spiro atoms. The van der Waals surface area contributed by atoms with Crippen LogP contribution >= 0.6 is 7.92 Å². The van der Waals surface area contributed by atoms with Gasteiger partial charge in [0.1, 0.15) is 36.2 Å². The van der Waals surface area contributed by atoms with E-state index in [2.05, 4.69) is 257 Å². The Labute approximate surface area is 715 Å². The normalized spacial score (nSPS) is 11.5. The van der Waals surface area contributed by atoms with E-state index in [0.29, 0.717) is 0 Å². The minimum atomic E-state index is -0.826. The molecule has 17 nitrogen and oxygen atoms in total. The average molecular weight is 1590 g/mol. The van der Waals surface area contributed by atoms with Crippen LogP contribution in [0.3, 0.4) is 0 Å². The molecule has 0 aliphatic rings. The number of aliphatic hydroxyl groups is 1. The maximum Gasteiger partial charge on any atom is 1.00 e. The molecule has 0 amide bonds. The van der Waals surface area contributed by atoms with E-state index in [4.69, 9.17) is 36.5 Å². The van der Waals surface area contributed by atoms with Crippen LogP contribution in [-0.2, 0) is 16.7 Å². The van der Waals surface area contributed by atoms with Crippen molar-refractivity contribution in [2.45, 2.75) is 118 Å². The Kier molecular flexibility index (Phi) is 30.9. The molecule has 118 heavy (non-hydrogen) atoms. The van der Waals surface area contributed by atoms with Crippen LogP contribution in [0.1, 0.15) is 133 Å². The maximum absolute atomic E-state index is 10.1. The predicted octanol–water partition coefficient (Wildman–Crippen LogP) is 21.2. The van der Waals surface area contributed by atoms with E-state index in [-0.39, 0.29) is 53.4 Å². The molecule has 0 radical (unpaired) electrons. The first-order valence-electron chi connectivity index (χ1n) is 38.9. The van der Waals surface area contributed by atoms with Gasteiger partial charge in [0.2, 0.25) is 0 Å². The fourth-order valence-corrected chi connectivity index (χ4v) is 15.1. The van der Waals surface area contributed by atoms with E-state index < -0.39 is 19.1 Å². The third kappa shape index (κ3) is 24.6. The van der Waals surface area contributed by atoms with Gasteiger partial charge in [0.15, 0.2) is 0 Å². The van der Waals surface area contributed by atoms with E-state index >= 15 is 0 Å². The zero-order valence-corrected chi connectivity index (χ0v) is 72.1. The molecule has 15 rings (SSSR count). The second-order valence-corrected chi connectivity index (χ2v) is 32.6. The molecule has 590 valence electrons. The fraction of sp³-hybridized carbons (Fsp3) is 0.182. The topological polar surface area (TPSA) is 235 Å². The molecule has 12 aromatic carbocycles. The second kappa shape index (κ2) is 41.5. The van der Waals surface area contributed by atoms with Crippen molar-refractivity contribution in [1.82, 2.24) is 28.7 Å². The number of nitrogens with two attached hydrogens (primary N) is 1. The summed E-state index contributed by atoms with van der Waals surface area (Å²) in [6.45, 7) is 23.6. The van der Waals surface area contributed by atoms with Crippen molar-refractivity contribution in [3.05, 3.63) is 387 Å². The Bertz CT molecular complexity index is 5590. The van der Waals surface area contributed by atoms with Crippen molar-refractivity contribution in [2.24, 2.45) is 10.8 Å². The molecule has 3 N–H and O–H groups in total. The molecular formula is C99H99N13NaO4P. The number of hydrogen-bond donors (Lipinski definition) is 2. The van der Waals surface area contributed by atoms with Crippen molar-refractivity contribution in [2.75, 3.05) is 0 Å². The Hall–Kier alpha value is -12.4. The van der Waals surface area contributed by atoms with Crippen molar-refractivity contribution in [3.8, 4) is 34.3 Å². The first kappa shape index (κ1) is 88.0. The summed E-state index contributed by atoms with van der Waals surface area (Å²) in [4.78, 5) is 18.2. The SMILES string of the molecule is CC(C)Oc1ccc(-n2cnc3cc(/C=C\c4ccc(C(C)(C)N)cc4)ccc32)cc1.CC(C)Oc1ccc(-n2cnc3cc(/C=C\c4ccc(C(C)(C)N=[N+]=[N-])cc4)ccc32)cc1.CC(C)Oc1ccc(-n2cnc3cc(/C=C\c4ccc(C(C)(C)O)cc4)ccc32)cc1.[N-]=[N+]=[N-].[Na+].c1ccc(P(c2ccccc2)c2ccccc2)cc1. The van der Waals surface area contributed by atoms with Gasteiger partial charge in [-0.1, -0.05) is 237 Å². The largest absolute Gasteiger partial charge is 1.00 e.